The molecular weight excluding hydrogens is 328 g/mol. The van der Waals surface area contributed by atoms with E-state index in [0.717, 1.165) is 20.5 Å². The third-order valence-electron chi connectivity index (χ3n) is 2.76. The highest BCUT2D eigenvalue weighted by Gasteiger charge is 2.47. The summed E-state index contributed by atoms with van der Waals surface area (Å²) in [6.07, 6.45) is -4.19. The van der Waals surface area contributed by atoms with Crippen molar-refractivity contribution in [2.45, 2.75) is 52.1 Å². The number of carbonyl (C=O) groups excluding carboxylic acids is 4. The monoisotopic (exact) mass is 349 g/mol. The van der Waals surface area contributed by atoms with Gasteiger partial charge < -0.3 is 29.2 Å². The van der Waals surface area contributed by atoms with Crippen LogP contribution in [0.25, 0.3) is 0 Å². The molecule has 1 aliphatic heterocycles. The van der Waals surface area contributed by atoms with Crippen LogP contribution in [-0.2, 0) is 42.9 Å². The van der Waals surface area contributed by atoms with Gasteiger partial charge in [0.05, 0.1) is 0 Å². The van der Waals surface area contributed by atoms with Crippen LogP contribution in [0.3, 0.4) is 0 Å². The SMILES string of the molecule is CC(=O)OC[C@H]1O[CH][C@H](OC(C)=O)[C@@H](OC(C)=O)[C@@H]1OC(C)=O.O. The molecule has 0 aromatic rings. The first-order valence-corrected chi connectivity index (χ1v) is 6.84. The molecule has 0 amide bonds. The Balaban J connectivity index is 0.00000529. The van der Waals surface area contributed by atoms with Gasteiger partial charge in [-0.05, 0) is 0 Å². The van der Waals surface area contributed by atoms with Crippen molar-refractivity contribution >= 4 is 23.9 Å². The third kappa shape index (κ3) is 6.92. The van der Waals surface area contributed by atoms with Gasteiger partial charge in [0, 0.05) is 27.7 Å². The zero-order valence-corrected chi connectivity index (χ0v) is 13.8. The Hall–Kier alpha value is -2.20. The molecule has 1 aliphatic rings. The molecule has 1 fully saturated rings. The molecular formula is C14H21O10. The molecule has 10 heteroatoms. The van der Waals surface area contributed by atoms with E-state index in [1.165, 1.54) is 13.8 Å². The van der Waals surface area contributed by atoms with Crippen molar-refractivity contribution < 1.29 is 48.3 Å². The number of ether oxygens (including phenoxy) is 5. The number of hydrogen-bond acceptors (Lipinski definition) is 9. The van der Waals surface area contributed by atoms with E-state index in [1.54, 1.807) is 0 Å². The second-order valence-electron chi connectivity index (χ2n) is 4.84. The lowest BCUT2D eigenvalue weighted by Gasteiger charge is -2.39. The summed E-state index contributed by atoms with van der Waals surface area (Å²) in [7, 11) is 0. The largest absolute Gasteiger partial charge is 0.463 e. The van der Waals surface area contributed by atoms with Crippen LogP contribution in [0.4, 0.5) is 0 Å². The molecule has 4 atom stereocenters. The van der Waals surface area contributed by atoms with Crippen molar-refractivity contribution in [2.24, 2.45) is 0 Å². The normalized spacial score (nSPS) is 25.7. The summed E-state index contributed by atoms with van der Waals surface area (Å²) >= 11 is 0. The molecule has 2 N–H and O–H groups in total. The first-order chi connectivity index (χ1) is 10.7. The van der Waals surface area contributed by atoms with Crippen LogP contribution in [0.1, 0.15) is 27.7 Å². The van der Waals surface area contributed by atoms with Crippen molar-refractivity contribution in [1.29, 1.82) is 0 Å². The molecule has 1 heterocycles. The zero-order chi connectivity index (χ0) is 17.6. The van der Waals surface area contributed by atoms with Crippen LogP contribution in [0.2, 0.25) is 0 Å². The second-order valence-corrected chi connectivity index (χ2v) is 4.84. The minimum Gasteiger partial charge on any atom is -0.463 e. The molecule has 137 valence electrons. The predicted molar refractivity (Wildman–Crippen MR) is 76.1 cm³/mol. The van der Waals surface area contributed by atoms with Crippen molar-refractivity contribution in [1.82, 2.24) is 0 Å². The first-order valence-electron chi connectivity index (χ1n) is 6.84. The number of carbonyl (C=O) groups is 4. The maximum atomic E-state index is 11.3. The lowest BCUT2D eigenvalue weighted by Crippen LogP contribution is -2.57. The summed E-state index contributed by atoms with van der Waals surface area (Å²) in [6.45, 7) is 5.61. The maximum absolute atomic E-state index is 11.3. The van der Waals surface area contributed by atoms with Gasteiger partial charge in [0.2, 0.25) is 0 Å². The van der Waals surface area contributed by atoms with Crippen LogP contribution < -0.4 is 0 Å². The topological polar surface area (TPSA) is 146 Å². The molecule has 0 spiro atoms. The molecule has 1 radical (unpaired) electrons. The first kappa shape index (κ1) is 21.8. The van der Waals surface area contributed by atoms with Crippen molar-refractivity contribution in [3.63, 3.8) is 0 Å². The van der Waals surface area contributed by atoms with E-state index in [-0.39, 0.29) is 12.1 Å². The molecule has 10 nitrogen and oxygen atoms in total. The van der Waals surface area contributed by atoms with Crippen LogP contribution in [0.5, 0.6) is 0 Å². The van der Waals surface area contributed by atoms with Gasteiger partial charge in [-0.1, -0.05) is 0 Å². The van der Waals surface area contributed by atoms with E-state index in [4.69, 9.17) is 23.7 Å². The van der Waals surface area contributed by atoms with Crippen molar-refractivity contribution in [3.05, 3.63) is 6.61 Å². The van der Waals surface area contributed by atoms with Crippen LogP contribution in [0, 0.1) is 6.61 Å². The number of hydrogen-bond donors (Lipinski definition) is 0. The zero-order valence-electron chi connectivity index (χ0n) is 13.8. The van der Waals surface area contributed by atoms with Gasteiger partial charge in [-0.3, -0.25) is 19.2 Å². The van der Waals surface area contributed by atoms with E-state index >= 15 is 0 Å². The molecule has 1 saturated heterocycles. The fraction of sp³-hybridized carbons (Fsp3) is 0.643. The summed E-state index contributed by atoms with van der Waals surface area (Å²) in [5.41, 5.74) is 0. The van der Waals surface area contributed by atoms with E-state index < -0.39 is 48.3 Å². The fourth-order valence-corrected chi connectivity index (χ4v) is 2.01. The summed E-state index contributed by atoms with van der Waals surface area (Å²) in [6, 6.07) is 0. The van der Waals surface area contributed by atoms with E-state index in [1.807, 2.05) is 0 Å². The fourth-order valence-electron chi connectivity index (χ4n) is 2.01. The third-order valence-corrected chi connectivity index (χ3v) is 2.76. The van der Waals surface area contributed by atoms with Crippen LogP contribution in [0.15, 0.2) is 0 Å². The van der Waals surface area contributed by atoms with Gasteiger partial charge in [0.1, 0.15) is 19.3 Å². The Morgan fingerprint density at radius 2 is 1.33 bits per heavy atom. The average molecular weight is 349 g/mol. The molecule has 24 heavy (non-hydrogen) atoms. The molecule has 0 unspecified atom stereocenters. The van der Waals surface area contributed by atoms with Gasteiger partial charge in [-0.25, -0.2) is 0 Å². The highest BCUT2D eigenvalue weighted by molar-refractivity contribution is 5.68. The van der Waals surface area contributed by atoms with Gasteiger partial charge in [-0.15, -0.1) is 0 Å². The second kappa shape index (κ2) is 9.83. The summed E-state index contributed by atoms with van der Waals surface area (Å²) in [5, 5.41) is 0. The summed E-state index contributed by atoms with van der Waals surface area (Å²) in [5.74, 6) is -2.51. The van der Waals surface area contributed by atoms with Crippen LogP contribution >= 0.6 is 0 Å². The molecule has 0 aromatic heterocycles. The lowest BCUT2D eigenvalue weighted by atomic mass is 9.99. The molecule has 0 bridgehead atoms. The summed E-state index contributed by atoms with van der Waals surface area (Å²) in [4.78, 5) is 44.7. The number of rotatable bonds is 5. The summed E-state index contributed by atoms with van der Waals surface area (Å²) < 4.78 is 25.4. The van der Waals surface area contributed by atoms with E-state index in [9.17, 15) is 19.2 Å². The Labute approximate surface area is 138 Å². The predicted octanol–water partition coefficient (Wildman–Crippen LogP) is -0.920. The van der Waals surface area contributed by atoms with Gasteiger partial charge >= 0.3 is 23.9 Å². The highest BCUT2D eigenvalue weighted by Crippen LogP contribution is 2.27. The van der Waals surface area contributed by atoms with Gasteiger partial charge in [-0.2, -0.15) is 0 Å². The molecule has 1 rings (SSSR count). The smallest absolute Gasteiger partial charge is 0.303 e. The number of esters is 4. The minimum atomic E-state index is -1.12. The van der Waals surface area contributed by atoms with Crippen molar-refractivity contribution in [3.8, 4) is 0 Å². The quantitative estimate of drug-likeness (QED) is 0.454. The van der Waals surface area contributed by atoms with E-state index in [2.05, 4.69) is 0 Å². The lowest BCUT2D eigenvalue weighted by molar-refractivity contribution is -0.217. The Kier molecular flexibility index (Phi) is 8.93. The minimum absolute atomic E-state index is 0. The molecule has 0 aromatic carbocycles. The molecule has 0 aliphatic carbocycles. The average Bonchev–Trinajstić information content (AvgIpc) is 2.39. The Morgan fingerprint density at radius 1 is 0.833 bits per heavy atom. The Morgan fingerprint density at radius 3 is 1.79 bits per heavy atom. The van der Waals surface area contributed by atoms with Crippen molar-refractivity contribution in [2.75, 3.05) is 6.61 Å². The van der Waals surface area contributed by atoms with Gasteiger partial charge in [0.15, 0.2) is 18.3 Å². The van der Waals surface area contributed by atoms with Gasteiger partial charge in [0.25, 0.3) is 0 Å². The maximum Gasteiger partial charge on any atom is 0.303 e. The van der Waals surface area contributed by atoms with E-state index in [0.29, 0.717) is 0 Å². The molecule has 0 saturated carbocycles. The standard InChI is InChI=1S/C14H19O9.H2O/c1-7(15)19-5-11-13(22-9(3)17)14(23-10(4)18)12(6-20-11)21-8(2)16;/h6,11-14H,5H2,1-4H3;1H2/t11-,12+,13-,14-;/m1./s1. The van der Waals surface area contributed by atoms with Crippen LogP contribution in [-0.4, -0.2) is 60.4 Å². The Bertz CT molecular complexity index is 474. The highest BCUT2D eigenvalue weighted by atomic mass is 16.7.